The Morgan fingerprint density at radius 2 is 1.81 bits per heavy atom. The number of likely N-dealkylation sites (N-methyl/N-ethyl adjacent to an activating group) is 1. The van der Waals surface area contributed by atoms with E-state index < -0.39 is 36.6 Å². The third-order valence-corrected chi connectivity index (χ3v) is 12.5. The van der Waals surface area contributed by atoms with Crippen LogP contribution in [-0.4, -0.2) is 111 Å². The molecule has 300 valence electrons. The van der Waals surface area contributed by atoms with Crippen LogP contribution >= 0.6 is 0 Å². The predicted molar refractivity (Wildman–Crippen MR) is 210 cm³/mol. The van der Waals surface area contributed by atoms with Crippen molar-refractivity contribution in [3.05, 3.63) is 47.3 Å². The van der Waals surface area contributed by atoms with Crippen molar-refractivity contribution in [3.63, 3.8) is 0 Å². The summed E-state index contributed by atoms with van der Waals surface area (Å²) in [5, 5.41) is 29.2. The Morgan fingerprint density at radius 3 is 2.37 bits per heavy atom. The number of hydrogen-bond acceptors (Lipinski definition) is 9. The number of aliphatic hydroxyl groups excluding tert-OH is 2. The smallest absolute Gasteiger partial charge is 0.251 e. The van der Waals surface area contributed by atoms with Crippen LogP contribution in [0.3, 0.4) is 0 Å². The van der Waals surface area contributed by atoms with E-state index in [2.05, 4.69) is 50.2 Å². The number of benzene rings is 2. The Bertz CT molecular complexity index is 1640. The van der Waals surface area contributed by atoms with Crippen molar-refractivity contribution >= 4 is 17.5 Å². The van der Waals surface area contributed by atoms with Crippen LogP contribution in [0.2, 0.25) is 0 Å². The molecule has 1 saturated heterocycles. The van der Waals surface area contributed by atoms with E-state index >= 15 is 4.39 Å². The van der Waals surface area contributed by atoms with Gasteiger partial charge in [0.15, 0.2) is 0 Å². The quantitative estimate of drug-likeness (QED) is 0.200. The van der Waals surface area contributed by atoms with E-state index in [0.717, 1.165) is 24.9 Å². The molecule has 1 aliphatic heterocycles. The average Bonchev–Trinajstić information content (AvgIpc) is 3.47. The molecule has 54 heavy (non-hydrogen) atoms. The molecule has 4 aliphatic rings. The summed E-state index contributed by atoms with van der Waals surface area (Å²) in [5.74, 6) is 0.0773. The molecule has 3 aliphatic carbocycles. The molecule has 2 bridgehead atoms. The lowest BCUT2D eigenvalue weighted by molar-refractivity contribution is -0.183. The summed E-state index contributed by atoms with van der Waals surface area (Å²) in [7, 11) is 9.22. The Hall–Kier alpha value is -3.29. The minimum Gasteiger partial charge on any atom is -0.496 e. The fourth-order valence-corrected chi connectivity index (χ4v) is 9.47. The van der Waals surface area contributed by atoms with Gasteiger partial charge in [-0.15, -0.1) is 0 Å². The van der Waals surface area contributed by atoms with Crippen LogP contribution in [0, 0.1) is 40.8 Å². The van der Waals surface area contributed by atoms with Gasteiger partial charge in [-0.2, -0.15) is 5.06 Å². The summed E-state index contributed by atoms with van der Waals surface area (Å²) in [6.07, 6.45) is 0.989. The number of nitrogens with zero attached hydrogens (tertiary/aromatic N) is 3. The van der Waals surface area contributed by atoms with Crippen molar-refractivity contribution in [1.29, 1.82) is 0 Å². The SMILES string of the molecule is COc1c(-c2cc(C(=O)N[C@@H](CC(C)C)CN(C)C)cc(N(C)C)c2)ccc(F)c1CN1O[C@@H](CO)[C@@H]([C@H](C)O)[C@H]1C(=O)N[C@H]1C[C@@H]2C[C@H]([C@@H]1C)C2(C)C. The number of fused-ring (bicyclic) bond motifs is 2. The second-order valence-corrected chi connectivity index (χ2v) is 17.6. The van der Waals surface area contributed by atoms with Crippen molar-refractivity contribution in [2.24, 2.45) is 35.0 Å². The van der Waals surface area contributed by atoms with Crippen LogP contribution < -0.4 is 20.3 Å². The van der Waals surface area contributed by atoms with Crippen molar-refractivity contribution in [1.82, 2.24) is 20.6 Å². The lowest BCUT2D eigenvalue weighted by Gasteiger charge is -2.62. The summed E-state index contributed by atoms with van der Waals surface area (Å²) in [6.45, 7) is 12.7. The van der Waals surface area contributed by atoms with E-state index in [4.69, 9.17) is 9.57 Å². The Labute approximate surface area is 321 Å². The topological polar surface area (TPSA) is 127 Å². The van der Waals surface area contributed by atoms with Gasteiger partial charge in [-0.3, -0.25) is 14.4 Å². The van der Waals surface area contributed by atoms with Crippen LogP contribution in [0.1, 0.15) is 76.7 Å². The fraction of sp³-hybridized carbons (Fsp3) is 0.667. The standard InChI is InChI=1S/C42H64FN5O6/c1-23(2)14-29(20-46(7)8)44-40(51)27-15-26(16-30(17-27)47(9)10)31-12-13-34(43)32(39(31)53-11)21-48-38(37(25(4)50)36(22-49)54-48)41(52)45-35-19-28-18-33(24(35)3)42(28,5)6/h12-13,15-17,23-25,28-29,33,35-38,49-50H,14,18-22H2,1-11H3,(H,44,51)(H,45,52)/t24-,25-,28-,29-,33+,35-,36-,37+,38-/m0/s1. The molecule has 0 spiro atoms. The van der Waals surface area contributed by atoms with Gasteiger partial charge >= 0.3 is 0 Å². The lowest BCUT2D eigenvalue weighted by atomic mass is 9.45. The van der Waals surface area contributed by atoms with Gasteiger partial charge in [0.1, 0.15) is 23.7 Å². The van der Waals surface area contributed by atoms with E-state index in [-0.39, 0.29) is 53.1 Å². The Kier molecular flexibility index (Phi) is 13.0. The number of carbonyl (C=O) groups excluding carboxylic acids is 2. The van der Waals surface area contributed by atoms with E-state index in [1.807, 2.05) is 45.2 Å². The molecule has 0 radical (unpaired) electrons. The van der Waals surface area contributed by atoms with Crippen LogP contribution in [0.25, 0.3) is 11.1 Å². The first kappa shape index (κ1) is 41.9. The third-order valence-electron chi connectivity index (χ3n) is 12.5. The zero-order valence-corrected chi connectivity index (χ0v) is 34.1. The number of halogens is 1. The van der Waals surface area contributed by atoms with Gasteiger partial charge in [0, 0.05) is 61.0 Å². The third kappa shape index (κ3) is 8.58. The van der Waals surface area contributed by atoms with Gasteiger partial charge in [0.05, 0.1) is 26.4 Å². The summed E-state index contributed by atoms with van der Waals surface area (Å²) in [4.78, 5) is 38.2. The van der Waals surface area contributed by atoms with Gasteiger partial charge < -0.3 is 35.4 Å². The highest BCUT2D eigenvalue weighted by atomic mass is 19.1. The molecular formula is C42H64FN5O6. The number of nitrogens with one attached hydrogen (secondary N) is 2. The molecular weight excluding hydrogens is 689 g/mol. The summed E-state index contributed by atoms with van der Waals surface area (Å²) >= 11 is 0. The number of rotatable bonds is 15. The molecule has 3 saturated carbocycles. The molecule has 2 aromatic rings. The Morgan fingerprint density at radius 1 is 1.11 bits per heavy atom. The highest BCUT2D eigenvalue weighted by Crippen LogP contribution is 2.61. The molecule has 0 unspecified atom stereocenters. The van der Waals surface area contributed by atoms with Gasteiger partial charge in [-0.05, 0) is 105 Å². The van der Waals surface area contributed by atoms with E-state index in [1.165, 1.54) is 18.2 Å². The van der Waals surface area contributed by atoms with Gasteiger partial charge in [-0.1, -0.05) is 34.6 Å². The molecule has 4 N–H and O–H groups in total. The van der Waals surface area contributed by atoms with Crippen molar-refractivity contribution in [3.8, 4) is 16.9 Å². The number of aliphatic hydroxyl groups is 2. The summed E-state index contributed by atoms with van der Waals surface area (Å²) in [6, 6.07) is 7.44. The monoisotopic (exact) mass is 753 g/mol. The number of anilines is 1. The fourth-order valence-electron chi connectivity index (χ4n) is 9.47. The van der Waals surface area contributed by atoms with E-state index in [9.17, 15) is 19.8 Å². The largest absolute Gasteiger partial charge is 0.496 e. The average molecular weight is 754 g/mol. The maximum absolute atomic E-state index is 16.0. The van der Waals surface area contributed by atoms with Crippen molar-refractivity contribution < 1.29 is 33.8 Å². The highest BCUT2D eigenvalue weighted by molar-refractivity contribution is 5.97. The first-order valence-corrected chi connectivity index (χ1v) is 19.5. The number of methoxy groups -OCH3 is 1. The second-order valence-electron chi connectivity index (χ2n) is 17.6. The van der Waals surface area contributed by atoms with Crippen molar-refractivity contribution in [2.45, 2.75) is 97.7 Å². The normalized spacial score (nSPS) is 27.4. The van der Waals surface area contributed by atoms with E-state index in [0.29, 0.717) is 41.0 Å². The highest BCUT2D eigenvalue weighted by Gasteiger charge is 2.57. The van der Waals surface area contributed by atoms with Crippen molar-refractivity contribution in [2.75, 3.05) is 53.4 Å². The molecule has 4 fully saturated rings. The molecule has 2 aromatic carbocycles. The first-order valence-electron chi connectivity index (χ1n) is 19.5. The molecule has 1 heterocycles. The molecule has 0 aromatic heterocycles. The predicted octanol–water partition coefficient (Wildman–Crippen LogP) is 4.93. The van der Waals surface area contributed by atoms with Gasteiger partial charge in [0.25, 0.3) is 5.91 Å². The second kappa shape index (κ2) is 16.8. The number of hydrogen-bond donors (Lipinski definition) is 4. The number of carbonyl (C=O) groups is 2. The number of hydroxylamine groups is 2. The van der Waals surface area contributed by atoms with Crippen LogP contribution in [0.15, 0.2) is 30.3 Å². The minimum absolute atomic E-state index is 0.0348. The zero-order valence-electron chi connectivity index (χ0n) is 34.1. The van der Waals surface area contributed by atoms with Gasteiger partial charge in [-0.25, -0.2) is 4.39 Å². The number of ether oxygens (including phenoxy) is 1. The Balaban J connectivity index is 1.48. The first-order chi connectivity index (χ1) is 25.4. The summed E-state index contributed by atoms with van der Waals surface area (Å²) in [5.41, 5.74) is 2.83. The van der Waals surface area contributed by atoms with Crippen LogP contribution in [0.5, 0.6) is 5.75 Å². The van der Waals surface area contributed by atoms with Gasteiger partial charge in [0.2, 0.25) is 5.91 Å². The maximum Gasteiger partial charge on any atom is 0.251 e. The van der Waals surface area contributed by atoms with Crippen LogP contribution in [-0.2, 0) is 16.2 Å². The van der Waals surface area contributed by atoms with E-state index in [1.54, 1.807) is 19.1 Å². The molecule has 11 nitrogen and oxygen atoms in total. The minimum atomic E-state index is -0.998. The lowest BCUT2D eigenvalue weighted by Crippen LogP contribution is -2.62. The molecule has 9 atom stereocenters. The van der Waals surface area contributed by atoms with Crippen LogP contribution in [0.4, 0.5) is 10.1 Å². The molecule has 6 rings (SSSR count). The zero-order chi connectivity index (χ0) is 39.8. The summed E-state index contributed by atoms with van der Waals surface area (Å²) < 4.78 is 22.0. The maximum atomic E-state index is 16.0. The number of amides is 2. The molecule has 2 amide bonds. The molecule has 12 heteroatoms.